The Morgan fingerprint density at radius 1 is 1.06 bits per heavy atom. The van der Waals surface area contributed by atoms with E-state index < -0.39 is 43.7 Å². The van der Waals surface area contributed by atoms with Crippen molar-refractivity contribution >= 4 is 12.2 Å². The Labute approximate surface area is 92.8 Å². The third-order valence-corrected chi connectivity index (χ3v) is 1.53. The van der Waals surface area contributed by atoms with Crippen molar-refractivity contribution in [3.05, 3.63) is 0 Å². The molecule has 0 heterocycles. The van der Waals surface area contributed by atoms with Crippen LogP contribution in [0.15, 0.2) is 0 Å². The molecule has 0 aliphatic heterocycles. The van der Waals surface area contributed by atoms with Crippen LogP contribution in [-0.4, -0.2) is 30.8 Å². The zero-order valence-electron chi connectivity index (χ0n) is 8.42. The number of alkyl halides is 4. The maximum Gasteiger partial charge on any atom is 0.467 e. The van der Waals surface area contributed by atoms with Crippen LogP contribution in [0.5, 0.6) is 0 Å². The number of amides is 2. The van der Waals surface area contributed by atoms with Gasteiger partial charge in [0.2, 0.25) is 0 Å². The van der Waals surface area contributed by atoms with Crippen LogP contribution in [0.1, 0.15) is 12.8 Å². The fourth-order valence-corrected chi connectivity index (χ4v) is 0.813. The summed E-state index contributed by atoms with van der Waals surface area (Å²) in [5, 5.41) is 0. The lowest BCUT2D eigenvalue weighted by Crippen LogP contribution is -2.45. The van der Waals surface area contributed by atoms with E-state index >= 15 is 0 Å². The molecule has 0 aliphatic carbocycles. The van der Waals surface area contributed by atoms with E-state index in [4.69, 9.17) is 0 Å². The van der Waals surface area contributed by atoms with Crippen LogP contribution >= 0.6 is 0 Å². The summed E-state index contributed by atoms with van der Waals surface area (Å²) in [6.45, 7) is -0.558. The highest BCUT2D eigenvalue weighted by molar-refractivity contribution is 5.65. The molecule has 0 spiro atoms. The number of carbonyl (C=O) groups excluding carboxylic acids is 2. The average molecular weight is 262 g/mol. The van der Waals surface area contributed by atoms with Crippen LogP contribution < -0.4 is 11.5 Å². The van der Waals surface area contributed by atoms with Gasteiger partial charge >= 0.3 is 24.2 Å². The molecule has 0 bridgehead atoms. The Morgan fingerprint density at radius 3 is 2.00 bits per heavy atom. The van der Waals surface area contributed by atoms with Crippen molar-refractivity contribution in [2.24, 2.45) is 11.5 Å². The summed E-state index contributed by atoms with van der Waals surface area (Å²) in [7, 11) is 0. The molecule has 0 saturated carbocycles. The Morgan fingerprint density at radius 2 is 1.59 bits per heavy atom. The predicted molar refractivity (Wildman–Crippen MR) is 45.3 cm³/mol. The molecule has 6 nitrogen and oxygen atoms in total. The first-order chi connectivity index (χ1) is 7.58. The second-order valence-corrected chi connectivity index (χ2v) is 2.91. The van der Waals surface area contributed by atoms with Gasteiger partial charge in [0, 0.05) is 6.42 Å². The molecule has 4 N–H and O–H groups in total. The van der Waals surface area contributed by atoms with Crippen molar-refractivity contribution < 1.29 is 36.6 Å². The lowest BCUT2D eigenvalue weighted by atomic mass is 10.2. The minimum Gasteiger partial charge on any atom is -0.450 e. The number of hydrogen-bond donors (Lipinski definition) is 2. The Kier molecular flexibility index (Phi) is 4.98. The number of primary amides is 2. The average Bonchev–Trinajstić information content (AvgIpc) is 2.09. The van der Waals surface area contributed by atoms with Gasteiger partial charge in [-0.2, -0.15) is 17.6 Å². The number of ether oxygens (including phenoxy) is 2. The van der Waals surface area contributed by atoms with E-state index in [0.717, 1.165) is 0 Å². The molecule has 0 aliphatic rings. The molecule has 0 atom stereocenters. The fraction of sp³-hybridized carbons (Fsp3) is 0.714. The molecule has 0 saturated heterocycles. The smallest absolute Gasteiger partial charge is 0.450 e. The lowest BCUT2D eigenvalue weighted by molar-refractivity contribution is -0.322. The molecule has 0 aromatic rings. The molecule has 10 heteroatoms. The fourth-order valence-electron chi connectivity index (χ4n) is 0.813. The second-order valence-electron chi connectivity index (χ2n) is 2.91. The van der Waals surface area contributed by atoms with Crippen LogP contribution in [-0.2, 0) is 9.47 Å². The molecule has 0 aromatic carbocycles. The quantitative estimate of drug-likeness (QED) is 0.554. The highest BCUT2D eigenvalue weighted by Crippen LogP contribution is 2.38. The topological polar surface area (TPSA) is 105 Å². The van der Waals surface area contributed by atoms with E-state index in [9.17, 15) is 27.2 Å². The normalized spacial score (nSPS) is 12.0. The second kappa shape index (κ2) is 5.55. The van der Waals surface area contributed by atoms with Crippen LogP contribution in [0.3, 0.4) is 0 Å². The Balaban J connectivity index is 4.25. The highest BCUT2D eigenvalue weighted by Gasteiger charge is 2.59. The SMILES string of the molecule is NC(=O)OCCCC(F)(F)C(F)(F)OC(N)=O. The molecule has 0 rings (SSSR count). The van der Waals surface area contributed by atoms with Crippen LogP contribution in [0.2, 0.25) is 0 Å². The molecule has 0 unspecified atom stereocenters. The summed E-state index contributed by atoms with van der Waals surface area (Å²) in [6, 6.07) is 0. The van der Waals surface area contributed by atoms with E-state index in [-0.39, 0.29) is 0 Å². The number of halogens is 4. The standard InChI is InChI=1S/C7H10F4N2O4/c8-6(9,2-1-3-16-4(12)14)7(10,11)17-5(13)15/h1-3H2,(H2,12,14)(H2,13,15). The molecule has 0 fully saturated rings. The van der Waals surface area contributed by atoms with Crippen LogP contribution in [0, 0.1) is 0 Å². The van der Waals surface area contributed by atoms with Gasteiger partial charge in [-0.15, -0.1) is 0 Å². The van der Waals surface area contributed by atoms with E-state index in [0.29, 0.717) is 0 Å². The molecule has 17 heavy (non-hydrogen) atoms. The molecule has 2 amide bonds. The molecule has 0 radical (unpaired) electrons. The van der Waals surface area contributed by atoms with Crippen LogP contribution in [0.25, 0.3) is 0 Å². The first kappa shape index (κ1) is 15.3. The molecular formula is C7H10F4N2O4. The first-order valence-electron chi connectivity index (χ1n) is 4.25. The zero-order chi connectivity index (χ0) is 13.7. The van der Waals surface area contributed by atoms with Gasteiger partial charge in [-0.3, -0.25) is 0 Å². The summed E-state index contributed by atoms with van der Waals surface area (Å²) >= 11 is 0. The maximum absolute atomic E-state index is 12.8. The maximum atomic E-state index is 12.8. The van der Waals surface area contributed by atoms with E-state index in [1.807, 2.05) is 0 Å². The molecule has 0 aromatic heterocycles. The third-order valence-electron chi connectivity index (χ3n) is 1.53. The molecule has 100 valence electrons. The predicted octanol–water partition coefficient (Wildman–Crippen LogP) is 1.19. The van der Waals surface area contributed by atoms with Gasteiger partial charge in [0.05, 0.1) is 6.61 Å². The van der Waals surface area contributed by atoms with Gasteiger partial charge in [0.1, 0.15) is 0 Å². The Hall–Kier alpha value is -1.74. The van der Waals surface area contributed by atoms with Gasteiger partial charge < -0.3 is 20.9 Å². The third kappa shape index (κ3) is 5.22. The van der Waals surface area contributed by atoms with Crippen molar-refractivity contribution in [3.63, 3.8) is 0 Å². The van der Waals surface area contributed by atoms with Crippen molar-refractivity contribution in [1.29, 1.82) is 0 Å². The Bertz CT molecular complexity index is 298. The number of rotatable bonds is 6. The number of carbonyl (C=O) groups is 2. The van der Waals surface area contributed by atoms with E-state index in [2.05, 4.69) is 20.9 Å². The van der Waals surface area contributed by atoms with Gasteiger partial charge in [0.25, 0.3) is 0 Å². The zero-order valence-corrected chi connectivity index (χ0v) is 8.42. The number of nitrogens with two attached hydrogens (primary N) is 2. The summed E-state index contributed by atoms with van der Waals surface area (Å²) in [4.78, 5) is 20.0. The van der Waals surface area contributed by atoms with Gasteiger partial charge in [-0.1, -0.05) is 0 Å². The van der Waals surface area contributed by atoms with Crippen molar-refractivity contribution in [3.8, 4) is 0 Å². The monoisotopic (exact) mass is 262 g/mol. The molecular weight excluding hydrogens is 252 g/mol. The van der Waals surface area contributed by atoms with Gasteiger partial charge in [-0.25, -0.2) is 9.59 Å². The lowest BCUT2D eigenvalue weighted by Gasteiger charge is -2.24. The van der Waals surface area contributed by atoms with Gasteiger partial charge in [-0.05, 0) is 6.42 Å². The van der Waals surface area contributed by atoms with Crippen molar-refractivity contribution in [2.45, 2.75) is 24.9 Å². The summed E-state index contributed by atoms with van der Waals surface area (Å²) in [5.41, 5.74) is 8.72. The van der Waals surface area contributed by atoms with Crippen molar-refractivity contribution in [2.75, 3.05) is 6.61 Å². The minimum absolute atomic E-state index is 0.558. The minimum atomic E-state index is -5.02. The summed E-state index contributed by atoms with van der Waals surface area (Å²) < 4.78 is 58.0. The summed E-state index contributed by atoms with van der Waals surface area (Å²) in [5.74, 6) is -4.62. The summed E-state index contributed by atoms with van der Waals surface area (Å²) in [6.07, 6.45) is -10.2. The highest BCUT2D eigenvalue weighted by atomic mass is 19.3. The first-order valence-corrected chi connectivity index (χ1v) is 4.25. The van der Waals surface area contributed by atoms with E-state index in [1.54, 1.807) is 0 Å². The van der Waals surface area contributed by atoms with E-state index in [1.165, 1.54) is 0 Å². The number of hydrogen-bond acceptors (Lipinski definition) is 4. The largest absolute Gasteiger partial charge is 0.467 e. The van der Waals surface area contributed by atoms with Crippen molar-refractivity contribution in [1.82, 2.24) is 0 Å². The van der Waals surface area contributed by atoms with Crippen LogP contribution in [0.4, 0.5) is 27.2 Å². The van der Waals surface area contributed by atoms with Gasteiger partial charge in [0.15, 0.2) is 0 Å².